The summed E-state index contributed by atoms with van der Waals surface area (Å²) in [6.45, 7) is 8.93. The van der Waals surface area contributed by atoms with Crippen molar-refractivity contribution in [2.75, 3.05) is 0 Å². The van der Waals surface area contributed by atoms with Crippen molar-refractivity contribution in [3.05, 3.63) is 70.3 Å². The molecule has 0 saturated heterocycles. The summed E-state index contributed by atoms with van der Waals surface area (Å²) in [6, 6.07) is 10.2. The lowest BCUT2D eigenvalue weighted by Crippen LogP contribution is -2.34. The van der Waals surface area contributed by atoms with Crippen LogP contribution in [0.5, 0.6) is 5.75 Å². The quantitative estimate of drug-likeness (QED) is 0.556. The molecule has 0 aromatic heterocycles. The molecule has 0 atom stereocenters. The third-order valence-corrected chi connectivity index (χ3v) is 5.82. The lowest BCUT2D eigenvalue weighted by molar-refractivity contribution is 0.0693. The molecule has 1 aliphatic rings. The highest BCUT2D eigenvalue weighted by molar-refractivity contribution is 6.07. The Labute approximate surface area is 165 Å². The molecule has 0 aliphatic heterocycles. The van der Waals surface area contributed by atoms with Gasteiger partial charge in [-0.1, -0.05) is 52.0 Å². The molecule has 28 heavy (non-hydrogen) atoms. The van der Waals surface area contributed by atoms with Gasteiger partial charge in [-0.3, -0.25) is 4.79 Å². The van der Waals surface area contributed by atoms with Crippen molar-refractivity contribution in [3.8, 4) is 5.75 Å². The minimum absolute atomic E-state index is 0.0311. The highest BCUT2D eigenvalue weighted by Crippen LogP contribution is 2.45. The van der Waals surface area contributed by atoms with Gasteiger partial charge in [-0.15, -0.1) is 0 Å². The Balaban J connectivity index is 1.89. The average molecular weight is 378 g/mol. The average Bonchev–Trinajstić information content (AvgIpc) is 2.63. The van der Waals surface area contributed by atoms with Crippen LogP contribution in [-0.4, -0.2) is 22.0 Å². The van der Waals surface area contributed by atoms with Crippen LogP contribution in [0, 0.1) is 0 Å². The van der Waals surface area contributed by atoms with E-state index in [1.807, 2.05) is 12.1 Å². The fourth-order valence-corrected chi connectivity index (χ4v) is 3.84. The number of fused-ring (bicyclic) bond motifs is 1. The molecule has 0 spiro atoms. The number of carbonyl (C=O) groups excluding carboxylic acids is 1. The van der Waals surface area contributed by atoms with Crippen molar-refractivity contribution in [2.45, 2.75) is 51.4 Å². The Kier molecular flexibility index (Phi) is 4.92. The van der Waals surface area contributed by atoms with Crippen LogP contribution in [0.1, 0.15) is 77.9 Å². The van der Waals surface area contributed by atoms with Gasteiger partial charge in [0.05, 0.1) is 0 Å². The topological polar surface area (TPSA) is 74.6 Å². The summed E-state index contributed by atoms with van der Waals surface area (Å²) in [5, 5.41) is 18.8. The van der Waals surface area contributed by atoms with Crippen molar-refractivity contribution >= 4 is 17.8 Å². The number of benzene rings is 2. The fraction of sp³-hybridized carbons (Fsp3) is 0.333. The van der Waals surface area contributed by atoms with E-state index in [1.54, 1.807) is 12.1 Å². The van der Waals surface area contributed by atoms with E-state index in [9.17, 15) is 14.7 Å². The number of carboxylic acids is 1. The number of ketones is 1. The van der Waals surface area contributed by atoms with Gasteiger partial charge >= 0.3 is 5.97 Å². The smallest absolute Gasteiger partial charge is 0.339 e. The molecule has 0 radical (unpaired) electrons. The number of allylic oxidation sites excluding steroid dienone is 1. The van der Waals surface area contributed by atoms with E-state index < -0.39 is 5.97 Å². The summed E-state index contributed by atoms with van der Waals surface area (Å²) < 4.78 is 0. The maximum absolute atomic E-state index is 12.7. The third kappa shape index (κ3) is 3.72. The number of carbonyl (C=O) groups is 2. The van der Waals surface area contributed by atoms with Crippen LogP contribution in [0.3, 0.4) is 0 Å². The Hall–Kier alpha value is -2.88. The molecule has 3 rings (SSSR count). The molecule has 0 unspecified atom stereocenters. The van der Waals surface area contributed by atoms with Gasteiger partial charge in [0.25, 0.3) is 0 Å². The molecule has 2 aromatic rings. The van der Waals surface area contributed by atoms with Crippen LogP contribution in [0.25, 0.3) is 6.08 Å². The summed E-state index contributed by atoms with van der Waals surface area (Å²) in [7, 11) is 0. The van der Waals surface area contributed by atoms with Gasteiger partial charge < -0.3 is 10.2 Å². The van der Waals surface area contributed by atoms with Crippen molar-refractivity contribution in [3.63, 3.8) is 0 Å². The predicted octanol–water partition coefficient (Wildman–Crippen LogP) is 5.34. The second-order valence-electron chi connectivity index (χ2n) is 8.81. The molecule has 1 aliphatic carbocycles. The van der Waals surface area contributed by atoms with Crippen LogP contribution in [0.15, 0.2) is 42.5 Å². The predicted molar refractivity (Wildman–Crippen MR) is 110 cm³/mol. The molecule has 0 fully saturated rings. The van der Waals surface area contributed by atoms with Crippen LogP contribution >= 0.6 is 0 Å². The fourth-order valence-electron chi connectivity index (χ4n) is 3.84. The molecule has 146 valence electrons. The molecule has 0 bridgehead atoms. The molecule has 4 heteroatoms. The largest absolute Gasteiger partial charge is 0.507 e. The third-order valence-electron chi connectivity index (χ3n) is 5.82. The van der Waals surface area contributed by atoms with Crippen molar-refractivity contribution in [2.24, 2.45) is 0 Å². The van der Waals surface area contributed by atoms with Gasteiger partial charge in [0.2, 0.25) is 0 Å². The molecular weight excluding hydrogens is 352 g/mol. The maximum Gasteiger partial charge on any atom is 0.339 e. The molecule has 0 heterocycles. The number of aromatic carboxylic acids is 1. The summed E-state index contributed by atoms with van der Waals surface area (Å²) in [5.74, 6) is -1.63. The normalized spacial score (nSPS) is 17.3. The summed E-state index contributed by atoms with van der Waals surface area (Å²) in [4.78, 5) is 23.7. The van der Waals surface area contributed by atoms with E-state index in [1.165, 1.54) is 29.3 Å². The first-order valence-corrected chi connectivity index (χ1v) is 9.45. The van der Waals surface area contributed by atoms with Gasteiger partial charge in [0, 0.05) is 5.56 Å². The standard InChI is InChI=1S/C24H26O4/c1-23(2)11-12-24(3,4)19-14-16(7-9-18(19)23)20(25)10-6-15-5-8-17(22(27)28)21(26)13-15/h5-10,13-14,26H,11-12H2,1-4H3,(H,27,28). The van der Waals surface area contributed by atoms with E-state index in [2.05, 4.69) is 33.8 Å². The monoisotopic (exact) mass is 378 g/mol. The van der Waals surface area contributed by atoms with Gasteiger partial charge in [-0.25, -0.2) is 4.79 Å². The Morgan fingerprint density at radius 3 is 2.18 bits per heavy atom. The van der Waals surface area contributed by atoms with Crippen LogP contribution < -0.4 is 0 Å². The number of carboxylic acid groups (broad SMARTS) is 1. The molecule has 2 N–H and O–H groups in total. The van der Waals surface area contributed by atoms with Crippen molar-refractivity contribution < 1.29 is 19.8 Å². The van der Waals surface area contributed by atoms with Crippen LogP contribution in [-0.2, 0) is 10.8 Å². The van der Waals surface area contributed by atoms with Gasteiger partial charge in [0.1, 0.15) is 11.3 Å². The first kappa shape index (κ1) is 19.9. The highest BCUT2D eigenvalue weighted by atomic mass is 16.4. The van der Waals surface area contributed by atoms with Gasteiger partial charge in [0.15, 0.2) is 5.78 Å². The number of hydrogen-bond acceptors (Lipinski definition) is 3. The van der Waals surface area contributed by atoms with Gasteiger partial charge in [-0.05, 0) is 64.6 Å². The minimum atomic E-state index is -1.19. The summed E-state index contributed by atoms with van der Waals surface area (Å²) in [5.41, 5.74) is 3.70. The van der Waals surface area contributed by atoms with Crippen molar-refractivity contribution in [1.82, 2.24) is 0 Å². The molecule has 0 saturated carbocycles. The second-order valence-corrected chi connectivity index (χ2v) is 8.81. The highest BCUT2D eigenvalue weighted by Gasteiger charge is 2.37. The zero-order valence-electron chi connectivity index (χ0n) is 16.7. The molecule has 0 amide bonds. The lowest BCUT2D eigenvalue weighted by Gasteiger charge is -2.42. The Bertz CT molecular complexity index is 980. The molecular formula is C24H26O4. The molecule has 2 aromatic carbocycles. The van der Waals surface area contributed by atoms with Crippen LogP contribution in [0.2, 0.25) is 0 Å². The van der Waals surface area contributed by atoms with E-state index >= 15 is 0 Å². The summed E-state index contributed by atoms with van der Waals surface area (Å²) in [6.07, 6.45) is 5.24. The van der Waals surface area contributed by atoms with E-state index in [4.69, 9.17) is 5.11 Å². The SMILES string of the molecule is CC1(C)CCC(C)(C)c2cc(C(=O)C=Cc3ccc(C(=O)O)c(O)c3)ccc21. The molecule has 4 nitrogen and oxygen atoms in total. The minimum Gasteiger partial charge on any atom is -0.507 e. The first-order valence-electron chi connectivity index (χ1n) is 9.45. The zero-order chi connectivity index (χ0) is 20.7. The number of aromatic hydroxyl groups is 1. The number of hydrogen-bond donors (Lipinski definition) is 2. The van der Waals surface area contributed by atoms with Gasteiger partial charge in [-0.2, -0.15) is 0 Å². The first-order chi connectivity index (χ1) is 13.0. The lowest BCUT2D eigenvalue weighted by atomic mass is 9.63. The van der Waals surface area contributed by atoms with E-state index in [0.29, 0.717) is 11.1 Å². The second kappa shape index (κ2) is 6.93. The maximum atomic E-state index is 12.7. The van der Waals surface area contributed by atoms with E-state index in [0.717, 1.165) is 12.8 Å². The van der Waals surface area contributed by atoms with E-state index in [-0.39, 0.29) is 27.9 Å². The number of phenols is 1. The Morgan fingerprint density at radius 1 is 0.929 bits per heavy atom. The van der Waals surface area contributed by atoms with Crippen molar-refractivity contribution in [1.29, 1.82) is 0 Å². The summed E-state index contributed by atoms with van der Waals surface area (Å²) >= 11 is 0. The number of rotatable bonds is 4. The Morgan fingerprint density at radius 2 is 1.57 bits per heavy atom. The zero-order valence-corrected chi connectivity index (χ0v) is 16.7. The van der Waals surface area contributed by atoms with Crippen LogP contribution in [0.4, 0.5) is 0 Å².